The van der Waals surface area contributed by atoms with E-state index >= 15 is 0 Å². The van der Waals surface area contributed by atoms with Crippen LogP contribution in [0, 0.1) is 5.92 Å². The van der Waals surface area contributed by atoms with Gasteiger partial charge in [-0.1, -0.05) is 25.4 Å². The predicted molar refractivity (Wildman–Crippen MR) is 101 cm³/mol. The summed E-state index contributed by atoms with van der Waals surface area (Å²) >= 11 is 5.99. The van der Waals surface area contributed by atoms with Gasteiger partial charge in [-0.3, -0.25) is 0 Å². The van der Waals surface area contributed by atoms with Crippen LogP contribution in [-0.4, -0.2) is 38.5 Å². The van der Waals surface area contributed by atoms with Crippen molar-refractivity contribution in [3.05, 3.63) is 34.6 Å². The number of rotatable bonds is 4. The lowest BCUT2D eigenvalue weighted by Gasteiger charge is -2.42. The van der Waals surface area contributed by atoms with Gasteiger partial charge in [-0.25, -0.2) is 13.4 Å². The Labute approximate surface area is 161 Å². The molecule has 2 aromatic rings. The second kappa shape index (κ2) is 6.81. The lowest BCUT2D eigenvalue weighted by atomic mass is 9.90. The number of hydrogen-bond acceptors (Lipinski definition) is 4. The maximum absolute atomic E-state index is 13.8. The summed E-state index contributed by atoms with van der Waals surface area (Å²) in [6.45, 7) is 4.17. The highest BCUT2D eigenvalue weighted by Crippen LogP contribution is 2.45. The van der Waals surface area contributed by atoms with Crippen molar-refractivity contribution < 1.29 is 21.6 Å². The molecule has 3 rings (SSSR count). The number of pyridine rings is 1. The minimum Gasteiger partial charge on any atom is -0.370 e. The zero-order valence-electron chi connectivity index (χ0n) is 15.1. The molecule has 148 valence electrons. The van der Waals surface area contributed by atoms with Crippen LogP contribution < -0.4 is 4.90 Å². The highest BCUT2D eigenvalue weighted by molar-refractivity contribution is 7.90. The van der Waals surface area contributed by atoms with Crippen molar-refractivity contribution in [3.8, 4) is 0 Å². The van der Waals surface area contributed by atoms with Gasteiger partial charge in [0.2, 0.25) is 0 Å². The highest BCUT2D eigenvalue weighted by Gasteiger charge is 2.40. The lowest BCUT2D eigenvalue weighted by molar-refractivity contribution is -0.137. The predicted octanol–water partition coefficient (Wildman–Crippen LogP) is 4.51. The van der Waals surface area contributed by atoms with Crippen molar-refractivity contribution in [2.75, 3.05) is 30.0 Å². The maximum Gasteiger partial charge on any atom is 0.418 e. The summed E-state index contributed by atoms with van der Waals surface area (Å²) in [5, 5.41) is 1.24. The largest absolute Gasteiger partial charge is 0.418 e. The van der Waals surface area contributed by atoms with Gasteiger partial charge >= 0.3 is 6.18 Å². The Hall–Kier alpha value is -1.54. The third kappa shape index (κ3) is 4.16. The van der Waals surface area contributed by atoms with Crippen LogP contribution in [0.5, 0.6) is 0 Å². The molecule has 0 radical (unpaired) electrons. The van der Waals surface area contributed by atoms with Gasteiger partial charge in [-0.15, -0.1) is 0 Å². The smallest absolute Gasteiger partial charge is 0.370 e. The Morgan fingerprint density at radius 2 is 1.89 bits per heavy atom. The first kappa shape index (κ1) is 20.2. The van der Waals surface area contributed by atoms with E-state index < -0.39 is 21.6 Å². The number of aromatic nitrogens is 1. The van der Waals surface area contributed by atoms with E-state index in [1.165, 1.54) is 12.3 Å². The van der Waals surface area contributed by atoms with Crippen LogP contribution >= 0.6 is 11.6 Å². The summed E-state index contributed by atoms with van der Waals surface area (Å²) in [7, 11) is -3.17. The highest BCUT2D eigenvalue weighted by atomic mass is 35.5. The molecule has 0 saturated carbocycles. The molecule has 1 aliphatic rings. The SMILES string of the molecule is CC(C)c1cc(C(F)(F)F)c(N2CC(CS(C)(=O)=O)C2)c2cnc(Cl)cc12. The standard InChI is InChI=1S/C18H20ClF3N2O2S/c1-10(2)12-4-15(18(20,21)22)17(14-6-23-16(19)5-13(12)14)24-7-11(8-24)9-27(3,25)26/h4-6,10-11H,7-9H2,1-3H3. The fourth-order valence-electron chi connectivity index (χ4n) is 3.62. The van der Waals surface area contributed by atoms with Gasteiger partial charge in [0.15, 0.2) is 0 Å². The van der Waals surface area contributed by atoms with Gasteiger partial charge in [0.05, 0.1) is 17.0 Å². The van der Waals surface area contributed by atoms with Crippen molar-refractivity contribution in [3.63, 3.8) is 0 Å². The van der Waals surface area contributed by atoms with Gasteiger partial charge in [-0.05, 0) is 29.0 Å². The van der Waals surface area contributed by atoms with E-state index in [1.807, 2.05) is 13.8 Å². The first-order chi connectivity index (χ1) is 12.4. The van der Waals surface area contributed by atoms with E-state index in [2.05, 4.69) is 4.98 Å². The molecular weight excluding hydrogens is 401 g/mol. The number of nitrogens with zero attached hydrogens (tertiary/aromatic N) is 2. The number of hydrogen-bond donors (Lipinski definition) is 0. The number of alkyl halides is 3. The van der Waals surface area contributed by atoms with Crippen LogP contribution in [0.25, 0.3) is 10.8 Å². The molecule has 0 aliphatic carbocycles. The molecule has 4 nitrogen and oxygen atoms in total. The number of anilines is 1. The number of benzene rings is 1. The van der Waals surface area contributed by atoms with Gasteiger partial charge in [-0.2, -0.15) is 13.2 Å². The molecule has 1 aliphatic heterocycles. The minimum atomic E-state index is -4.53. The third-order valence-electron chi connectivity index (χ3n) is 4.73. The quantitative estimate of drug-likeness (QED) is 0.683. The Morgan fingerprint density at radius 3 is 2.41 bits per heavy atom. The second-order valence-corrected chi connectivity index (χ2v) is 10.0. The Bertz CT molecular complexity index is 984. The molecular formula is C18H20ClF3N2O2S. The van der Waals surface area contributed by atoms with Crippen molar-refractivity contribution in [1.29, 1.82) is 0 Å². The molecule has 1 fully saturated rings. The molecule has 9 heteroatoms. The summed E-state index contributed by atoms with van der Waals surface area (Å²) in [6.07, 6.45) is -2.03. The fourth-order valence-corrected chi connectivity index (χ4v) is 4.85. The van der Waals surface area contributed by atoms with Gasteiger partial charge in [0, 0.05) is 36.8 Å². The molecule has 1 aromatic carbocycles. The molecule has 27 heavy (non-hydrogen) atoms. The first-order valence-electron chi connectivity index (χ1n) is 8.49. The van der Waals surface area contributed by atoms with E-state index in [1.54, 1.807) is 11.0 Å². The maximum atomic E-state index is 13.8. The zero-order chi connectivity index (χ0) is 20.1. The van der Waals surface area contributed by atoms with Crippen molar-refractivity contribution in [1.82, 2.24) is 4.98 Å². The first-order valence-corrected chi connectivity index (χ1v) is 10.9. The molecule has 1 aromatic heterocycles. The number of sulfone groups is 1. The van der Waals surface area contributed by atoms with Crippen molar-refractivity contribution >= 4 is 37.9 Å². The van der Waals surface area contributed by atoms with Crippen molar-refractivity contribution in [2.24, 2.45) is 5.92 Å². The monoisotopic (exact) mass is 420 g/mol. The summed E-state index contributed by atoms with van der Waals surface area (Å²) in [5.74, 6) is -0.339. The van der Waals surface area contributed by atoms with Crippen molar-refractivity contribution in [2.45, 2.75) is 25.9 Å². The van der Waals surface area contributed by atoms with Crippen LogP contribution in [0.2, 0.25) is 5.15 Å². The molecule has 0 atom stereocenters. The van der Waals surface area contributed by atoms with Gasteiger partial charge < -0.3 is 4.90 Å². The van der Waals surface area contributed by atoms with Crippen LogP contribution in [0.3, 0.4) is 0 Å². The number of halogens is 4. The van der Waals surface area contributed by atoms with E-state index in [9.17, 15) is 21.6 Å². The van der Waals surface area contributed by atoms with E-state index in [-0.39, 0.29) is 41.5 Å². The molecule has 0 amide bonds. The van der Waals surface area contributed by atoms with Gasteiger partial charge in [0.1, 0.15) is 15.0 Å². The van der Waals surface area contributed by atoms with Crippen LogP contribution in [0.4, 0.5) is 18.9 Å². The van der Waals surface area contributed by atoms with E-state index in [0.29, 0.717) is 16.3 Å². The normalized spacial score (nSPS) is 16.2. The summed E-state index contributed by atoms with van der Waals surface area (Å²) in [4.78, 5) is 5.57. The summed E-state index contributed by atoms with van der Waals surface area (Å²) in [6, 6.07) is 2.77. The van der Waals surface area contributed by atoms with Crippen LogP contribution in [0.15, 0.2) is 18.3 Å². The summed E-state index contributed by atoms with van der Waals surface area (Å²) in [5.41, 5.74) is -0.116. The Balaban J connectivity index is 2.15. The van der Waals surface area contributed by atoms with E-state index in [0.717, 1.165) is 6.26 Å². The molecule has 2 heterocycles. The lowest BCUT2D eigenvalue weighted by Crippen LogP contribution is -2.50. The third-order valence-corrected chi connectivity index (χ3v) is 6.01. The minimum absolute atomic E-state index is 0.0308. The average molecular weight is 421 g/mol. The van der Waals surface area contributed by atoms with E-state index in [4.69, 9.17) is 11.6 Å². The molecule has 0 unspecified atom stereocenters. The number of fused-ring (bicyclic) bond motifs is 1. The second-order valence-electron chi connectivity index (χ2n) is 7.43. The Morgan fingerprint density at radius 1 is 1.26 bits per heavy atom. The average Bonchev–Trinajstić information content (AvgIpc) is 2.46. The summed E-state index contributed by atoms with van der Waals surface area (Å²) < 4.78 is 64.4. The topological polar surface area (TPSA) is 50.3 Å². The van der Waals surface area contributed by atoms with Crippen LogP contribution in [-0.2, 0) is 16.0 Å². The van der Waals surface area contributed by atoms with Crippen LogP contribution in [0.1, 0.15) is 30.9 Å². The molecule has 1 saturated heterocycles. The molecule has 0 bridgehead atoms. The molecule has 0 N–H and O–H groups in total. The zero-order valence-corrected chi connectivity index (χ0v) is 16.7. The molecule has 0 spiro atoms. The Kier molecular flexibility index (Phi) is 5.10. The fraction of sp³-hybridized carbons (Fsp3) is 0.500. The van der Waals surface area contributed by atoms with Gasteiger partial charge in [0.25, 0.3) is 0 Å².